The summed E-state index contributed by atoms with van der Waals surface area (Å²) in [4.78, 5) is 26.2. The van der Waals surface area contributed by atoms with E-state index in [0.717, 1.165) is 38.9 Å². The number of rotatable bonds is 7. The molecule has 1 aromatic carbocycles. The SMILES string of the molecule is CNCCC1CCN(C(=O)CNC(=O)c2ccc(OC)cc2)CC1.Cl. The number of piperidine rings is 1. The summed E-state index contributed by atoms with van der Waals surface area (Å²) < 4.78 is 5.06. The largest absolute Gasteiger partial charge is 0.497 e. The molecule has 0 spiro atoms. The number of carbonyl (C=O) groups excluding carboxylic acids is 2. The van der Waals surface area contributed by atoms with Crippen LogP contribution < -0.4 is 15.4 Å². The van der Waals surface area contributed by atoms with Gasteiger partial charge in [-0.1, -0.05) is 0 Å². The highest BCUT2D eigenvalue weighted by Gasteiger charge is 2.22. The van der Waals surface area contributed by atoms with Crippen LogP contribution in [0.15, 0.2) is 24.3 Å². The van der Waals surface area contributed by atoms with E-state index in [1.165, 1.54) is 0 Å². The lowest BCUT2D eigenvalue weighted by Crippen LogP contribution is -2.44. The fourth-order valence-corrected chi connectivity index (χ4v) is 2.93. The van der Waals surface area contributed by atoms with Crippen molar-refractivity contribution >= 4 is 24.2 Å². The van der Waals surface area contributed by atoms with E-state index in [4.69, 9.17) is 4.74 Å². The van der Waals surface area contributed by atoms with Gasteiger partial charge in [0.05, 0.1) is 13.7 Å². The summed E-state index contributed by atoms with van der Waals surface area (Å²) >= 11 is 0. The van der Waals surface area contributed by atoms with Crippen LogP contribution in [0, 0.1) is 5.92 Å². The number of amides is 2. The third kappa shape index (κ3) is 6.55. The lowest BCUT2D eigenvalue weighted by molar-refractivity contribution is -0.131. The normalized spacial score (nSPS) is 14.6. The van der Waals surface area contributed by atoms with Crippen molar-refractivity contribution < 1.29 is 14.3 Å². The van der Waals surface area contributed by atoms with Gasteiger partial charge in [0.1, 0.15) is 5.75 Å². The quantitative estimate of drug-likeness (QED) is 0.767. The fourth-order valence-electron chi connectivity index (χ4n) is 2.93. The van der Waals surface area contributed by atoms with E-state index in [9.17, 15) is 9.59 Å². The summed E-state index contributed by atoms with van der Waals surface area (Å²) in [5, 5.41) is 5.87. The first-order chi connectivity index (χ1) is 11.6. The number of likely N-dealkylation sites (tertiary alicyclic amines) is 1. The molecule has 1 aromatic rings. The Morgan fingerprint density at radius 3 is 2.40 bits per heavy atom. The average molecular weight is 370 g/mol. The van der Waals surface area contributed by atoms with Crippen LogP contribution in [0.5, 0.6) is 5.75 Å². The molecule has 7 heteroatoms. The highest BCUT2D eigenvalue weighted by molar-refractivity contribution is 5.96. The molecule has 1 aliphatic rings. The Labute approximate surface area is 155 Å². The molecule has 0 atom stereocenters. The summed E-state index contributed by atoms with van der Waals surface area (Å²) in [6, 6.07) is 6.83. The number of hydrogen-bond acceptors (Lipinski definition) is 4. The third-order valence-electron chi connectivity index (χ3n) is 4.52. The van der Waals surface area contributed by atoms with Crippen LogP contribution in [0.1, 0.15) is 29.6 Å². The molecule has 0 unspecified atom stereocenters. The van der Waals surface area contributed by atoms with Crippen molar-refractivity contribution in [3.63, 3.8) is 0 Å². The van der Waals surface area contributed by atoms with E-state index in [2.05, 4.69) is 10.6 Å². The Hall–Kier alpha value is -1.79. The van der Waals surface area contributed by atoms with Gasteiger partial charge < -0.3 is 20.3 Å². The number of hydrogen-bond donors (Lipinski definition) is 2. The minimum absolute atomic E-state index is 0. The number of carbonyl (C=O) groups is 2. The van der Waals surface area contributed by atoms with Crippen molar-refractivity contribution in [3.05, 3.63) is 29.8 Å². The van der Waals surface area contributed by atoms with E-state index < -0.39 is 0 Å². The molecule has 1 saturated heterocycles. The van der Waals surface area contributed by atoms with Gasteiger partial charge in [0.25, 0.3) is 5.91 Å². The van der Waals surface area contributed by atoms with E-state index in [1.807, 2.05) is 11.9 Å². The van der Waals surface area contributed by atoms with Crippen molar-refractivity contribution in [3.8, 4) is 5.75 Å². The standard InChI is InChI=1S/C18H27N3O3.ClH/c1-19-10-7-14-8-11-21(12-9-14)17(22)13-20-18(23)15-3-5-16(24-2)6-4-15;/h3-6,14,19H,7-13H2,1-2H3,(H,20,23);1H. The molecule has 2 N–H and O–H groups in total. The lowest BCUT2D eigenvalue weighted by Gasteiger charge is -2.32. The van der Waals surface area contributed by atoms with Gasteiger partial charge in [-0.3, -0.25) is 9.59 Å². The lowest BCUT2D eigenvalue weighted by atomic mass is 9.93. The predicted octanol–water partition coefficient (Wildman–Crippen LogP) is 1.69. The van der Waals surface area contributed by atoms with Crippen LogP contribution >= 0.6 is 12.4 Å². The van der Waals surface area contributed by atoms with Gasteiger partial charge in [-0.05, 0) is 63.0 Å². The molecule has 140 valence electrons. The molecule has 0 radical (unpaired) electrons. The van der Waals surface area contributed by atoms with E-state index in [-0.39, 0.29) is 30.8 Å². The van der Waals surface area contributed by atoms with Gasteiger partial charge in [-0.15, -0.1) is 12.4 Å². The van der Waals surface area contributed by atoms with E-state index in [0.29, 0.717) is 17.2 Å². The van der Waals surface area contributed by atoms with Crippen molar-refractivity contribution in [1.82, 2.24) is 15.5 Å². The highest BCUT2D eigenvalue weighted by Crippen LogP contribution is 2.19. The third-order valence-corrected chi connectivity index (χ3v) is 4.52. The van der Waals surface area contributed by atoms with E-state index in [1.54, 1.807) is 31.4 Å². The maximum atomic E-state index is 12.2. The van der Waals surface area contributed by atoms with Gasteiger partial charge >= 0.3 is 0 Å². The second kappa shape index (κ2) is 10.9. The van der Waals surface area contributed by atoms with Crippen LogP contribution in [0.2, 0.25) is 0 Å². The van der Waals surface area contributed by atoms with Gasteiger partial charge in [0.15, 0.2) is 0 Å². The molecule has 0 saturated carbocycles. The molecule has 2 amide bonds. The first-order valence-corrected chi connectivity index (χ1v) is 8.48. The van der Waals surface area contributed by atoms with E-state index >= 15 is 0 Å². The van der Waals surface area contributed by atoms with Crippen molar-refractivity contribution in [1.29, 1.82) is 0 Å². The van der Waals surface area contributed by atoms with Crippen molar-refractivity contribution in [2.24, 2.45) is 5.92 Å². The second-order valence-electron chi connectivity index (χ2n) is 6.13. The fraction of sp³-hybridized carbons (Fsp3) is 0.556. The topological polar surface area (TPSA) is 70.7 Å². The number of ether oxygens (including phenoxy) is 1. The van der Waals surface area contributed by atoms with Crippen LogP contribution in [0.25, 0.3) is 0 Å². The molecule has 1 aliphatic heterocycles. The molecule has 1 fully saturated rings. The van der Waals surface area contributed by atoms with Crippen LogP contribution in [0.3, 0.4) is 0 Å². The molecular weight excluding hydrogens is 342 g/mol. The number of nitrogens with one attached hydrogen (secondary N) is 2. The molecule has 6 nitrogen and oxygen atoms in total. The summed E-state index contributed by atoms with van der Waals surface area (Å²) in [5.74, 6) is 1.14. The number of methoxy groups -OCH3 is 1. The summed E-state index contributed by atoms with van der Waals surface area (Å²) in [6.45, 7) is 2.64. The zero-order valence-electron chi connectivity index (χ0n) is 14.9. The highest BCUT2D eigenvalue weighted by atomic mass is 35.5. The zero-order valence-corrected chi connectivity index (χ0v) is 15.7. The summed E-state index contributed by atoms with van der Waals surface area (Å²) in [5.41, 5.74) is 0.523. The Kier molecular flexibility index (Phi) is 9.31. The molecule has 25 heavy (non-hydrogen) atoms. The van der Waals surface area contributed by atoms with Crippen molar-refractivity contribution in [2.75, 3.05) is 40.3 Å². The predicted molar refractivity (Wildman–Crippen MR) is 100 cm³/mol. The second-order valence-corrected chi connectivity index (χ2v) is 6.13. The number of benzene rings is 1. The zero-order chi connectivity index (χ0) is 17.4. The Morgan fingerprint density at radius 2 is 1.84 bits per heavy atom. The number of halogens is 1. The maximum absolute atomic E-state index is 12.2. The Morgan fingerprint density at radius 1 is 1.20 bits per heavy atom. The minimum Gasteiger partial charge on any atom is -0.497 e. The molecule has 2 rings (SSSR count). The van der Waals surface area contributed by atoms with Crippen LogP contribution in [-0.4, -0.2) is 57.1 Å². The number of nitrogens with zero attached hydrogens (tertiary/aromatic N) is 1. The summed E-state index contributed by atoms with van der Waals surface area (Å²) in [7, 11) is 3.54. The summed E-state index contributed by atoms with van der Waals surface area (Å²) in [6.07, 6.45) is 3.24. The van der Waals surface area contributed by atoms with Gasteiger partial charge in [-0.25, -0.2) is 0 Å². The van der Waals surface area contributed by atoms with Gasteiger partial charge in [-0.2, -0.15) is 0 Å². The van der Waals surface area contributed by atoms with Crippen LogP contribution in [0.4, 0.5) is 0 Å². The molecule has 0 bridgehead atoms. The smallest absolute Gasteiger partial charge is 0.251 e. The maximum Gasteiger partial charge on any atom is 0.251 e. The Bertz CT molecular complexity index is 543. The van der Waals surface area contributed by atoms with Gasteiger partial charge in [0.2, 0.25) is 5.91 Å². The van der Waals surface area contributed by atoms with Crippen LogP contribution in [-0.2, 0) is 4.79 Å². The average Bonchev–Trinajstić information content (AvgIpc) is 2.64. The Balaban J connectivity index is 0.00000312. The molecular formula is C18H28ClN3O3. The molecule has 0 aromatic heterocycles. The first-order valence-electron chi connectivity index (χ1n) is 8.48. The first kappa shape index (κ1) is 21.3. The van der Waals surface area contributed by atoms with Gasteiger partial charge in [0, 0.05) is 18.7 Å². The minimum atomic E-state index is -0.241. The monoisotopic (exact) mass is 369 g/mol. The molecule has 0 aliphatic carbocycles. The van der Waals surface area contributed by atoms with Crippen molar-refractivity contribution in [2.45, 2.75) is 19.3 Å². The molecule has 1 heterocycles.